The lowest BCUT2D eigenvalue weighted by Crippen LogP contribution is -2.40. The molecule has 1 aromatic heterocycles. The molecule has 5 rings (SSSR count). The highest BCUT2D eigenvalue weighted by Gasteiger charge is 2.25. The molecule has 4 aromatic rings. The highest BCUT2D eigenvalue weighted by atomic mass is 16.6. The lowest BCUT2D eigenvalue weighted by molar-refractivity contribution is 0.0771. The zero-order valence-corrected chi connectivity index (χ0v) is 20.0. The molecule has 0 unspecified atom stereocenters. The molecule has 1 aliphatic rings. The maximum atomic E-state index is 12.8. The van der Waals surface area contributed by atoms with E-state index in [0.29, 0.717) is 32.3 Å². The van der Waals surface area contributed by atoms with Crippen molar-refractivity contribution in [1.29, 1.82) is 0 Å². The summed E-state index contributed by atoms with van der Waals surface area (Å²) in [5.41, 5.74) is 4.68. The average molecular weight is 469 g/mol. The molecule has 0 saturated carbocycles. The summed E-state index contributed by atoms with van der Waals surface area (Å²) < 4.78 is 7.96. The molecule has 3 aromatic carbocycles. The minimum Gasteiger partial charge on any atom is -0.448 e. The number of hydrogen-bond acceptors (Lipinski definition) is 4. The van der Waals surface area contributed by atoms with Gasteiger partial charge in [-0.15, -0.1) is 0 Å². The number of piperidine rings is 1. The number of aromatic nitrogens is 2. The van der Waals surface area contributed by atoms with E-state index in [9.17, 15) is 4.79 Å². The van der Waals surface area contributed by atoms with Gasteiger partial charge in [-0.3, -0.25) is 4.90 Å². The van der Waals surface area contributed by atoms with Gasteiger partial charge in [0.05, 0.1) is 17.4 Å². The fourth-order valence-electron chi connectivity index (χ4n) is 4.85. The number of benzene rings is 3. The van der Waals surface area contributed by atoms with Crippen LogP contribution in [0.15, 0.2) is 91.3 Å². The number of fused-ring (bicyclic) bond motifs is 1. The smallest absolute Gasteiger partial charge is 0.409 e. The van der Waals surface area contributed by atoms with Crippen molar-refractivity contribution in [3.05, 3.63) is 102 Å². The van der Waals surface area contributed by atoms with Crippen LogP contribution in [-0.4, -0.2) is 51.7 Å². The molecule has 6 heteroatoms. The third kappa shape index (κ3) is 5.89. The molecular formula is C29H32N4O2. The fraction of sp³-hybridized carbons (Fsp3) is 0.310. The maximum absolute atomic E-state index is 12.8. The molecule has 0 radical (unpaired) electrons. The molecular weight excluding hydrogens is 436 g/mol. The molecule has 0 aliphatic carbocycles. The van der Waals surface area contributed by atoms with Crippen molar-refractivity contribution >= 4 is 17.1 Å². The second-order valence-corrected chi connectivity index (χ2v) is 9.15. The van der Waals surface area contributed by atoms with Gasteiger partial charge in [-0.25, -0.2) is 9.78 Å². The number of amides is 1. The van der Waals surface area contributed by atoms with Gasteiger partial charge < -0.3 is 14.2 Å². The van der Waals surface area contributed by atoms with E-state index in [-0.39, 0.29) is 6.09 Å². The molecule has 0 atom stereocenters. The summed E-state index contributed by atoms with van der Waals surface area (Å²) in [5.74, 6) is 0. The Morgan fingerprint density at radius 1 is 0.857 bits per heavy atom. The van der Waals surface area contributed by atoms with Crippen molar-refractivity contribution in [1.82, 2.24) is 19.4 Å². The van der Waals surface area contributed by atoms with E-state index in [1.54, 1.807) is 0 Å². The Hall–Kier alpha value is -3.64. The van der Waals surface area contributed by atoms with Gasteiger partial charge in [0.1, 0.15) is 6.61 Å². The van der Waals surface area contributed by atoms with E-state index >= 15 is 0 Å². The predicted molar refractivity (Wildman–Crippen MR) is 138 cm³/mol. The van der Waals surface area contributed by atoms with Crippen molar-refractivity contribution in [2.75, 3.05) is 26.2 Å². The molecule has 35 heavy (non-hydrogen) atoms. The first-order valence-corrected chi connectivity index (χ1v) is 12.4. The van der Waals surface area contributed by atoms with Gasteiger partial charge in [0.2, 0.25) is 0 Å². The number of ether oxygens (including phenoxy) is 1. The standard InChI is InChI=1S/C29H32N4O2/c34-29(32-17-15-26(16-18-32)33-23-30-27-13-7-8-14-28(27)33)35-20-19-31(21-24-9-3-1-4-10-24)22-25-11-5-2-6-12-25/h1-14,23,26H,15-22H2. The summed E-state index contributed by atoms with van der Waals surface area (Å²) in [7, 11) is 0. The Kier molecular flexibility index (Phi) is 7.39. The van der Waals surface area contributed by atoms with E-state index in [2.05, 4.69) is 69.0 Å². The van der Waals surface area contributed by atoms with E-state index in [4.69, 9.17) is 4.74 Å². The highest BCUT2D eigenvalue weighted by Crippen LogP contribution is 2.26. The largest absolute Gasteiger partial charge is 0.448 e. The monoisotopic (exact) mass is 468 g/mol. The Morgan fingerprint density at radius 3 is 2.11 bits per heavy atom. The average Bonchev–Trinajstić information content (AvgIpc) is 3.34. The molecule has 180 valence electrons. The Morgan fingerprint density at radius 2 is 1.46 bits per heavy atom. The maximum Gasteiger partial charge on any atom is 0.409 e. The lowest BCUT2D eigenvalue weighted by atomic mass is 10.1. The van der Waals surface area contributed by atoms with E-state index in [1.165, 1.54) is 11.1 Å². The van der Waals surface area contributed by atoms with E-state index in [1.807, 2.05) is 41.6 Å². The van der Waals surface area contributed by atoms with Crippen LogP contribution >= 0.6 is 0 Å². The number of para-hydroxylation sites is 2. The number of hydrogen-bond donors (Lipinski definition) is 0. The van der Waals surface area contributed by atoms with Crippen molar-refractivity contribution in [2.45, 2.75) is 32.0 Å². The fourth-order valence-corrected chi connectivity index (χ4v) is 4.85. The summed E-state index contributed by atoms with van der Waals surface area (Å²) in [6.45, 7) is 4.11. The van der Waals surface area contributed by atoms with Crippen LogP contribution in [0.1, 0.15) is 30.0 Å². The van der Waals surface area contributed by atoms with Crippen LogP contribution in [0, 0.1) is 0 Å². The lowest BCUT2D eigenvalue weighted by Gasteiger charge is -2.32. The summed E-state index contributed by atoms with van der Waals surface area (Å²) in [6, 6.07) is 29.4. The third-order valence-corrected chi connectivity index (χ3v) is 6.73. The SMILES string of the molecule is O=C(OCCN(Cc1ccccc1)Cc1ccccc1)N1CCC(n2cnc3ccccc32)CC1. The quantitative estimate of drug-likeness (QED) is 0.342. The summed E-state index contributed by atoms with van der Waals surface area (Å²) in [6.07, 6.45) is 3.53. The zero-order chi connectivity index (χ0) is 23.9. The number of carbonyl (C=O) groups is 1. The first kappa shape index (κ1) is 23.1. The number of likely N-dealkylation sites (tertiary alicyclic amines) is 1. The normalized spacial score (nSPS) is 14.5. The van der Waals surface area contributed by atoms with Gasteiger partial charge in [-0.1, -0.05) is 72.8 Å². The van der Waals surface area contributed by atoms with Crippen LogP contribution in [0.3, 0.4) is 0 Å². The first-order valence-electron chi connectivity index (χ1n) is 12.4. The molecule has 1 amide bonds. The molecule has 0 bridgehead atoms. The van der Waals surface area contributed by atoms with Crippen LogP contribution < -0.4 is 0 Å². The van der Waals surface area contributed by atoms with Crippen molar-refractivity contribution < 1.29 is 9.53 Å². The minimum absolute atomic E-state index is 0.210. The van der Waals surface area contributed by atoms with Crippen LogP contribution in [0.2, 0.25) is 0 Å². The zero-order valence-electron chi connectivity index (χ0n) is 20.0. The number of rotatable bonds is 8. The van der Waals surface area contributed by atoms with Crippen LogP contribution in [0.4, 0.5) is 4.79 Å². The highest BCUT2D eigenvalue weighted by molar-refractivity contribution is 5.75. The number of imidazole rings is 1. The molecule has 0 N–H and O–H groups in total. The third-order valence-electron chi connectivity index (χ3n) is 6.73. The summed E-state index contributed by atoms with van der Waals surface area (Å²) in [5, 5.41) is 0. The number of nitrogens with zero attached hydrogens (tertiary/aromatic N) is 4. The molecule has 1 aliphatic heterocycles. The van der Waals surface area contributed by atoms with Crippen LogP contribution in [0.25, 0.3) is 11.0 Å². The van der Waals surface area contributed by atoms with Gasteiger partial charge in [0, 0.05) is 38.8 Å². The van der Waals surface area contributed by atoms with Crippen molar-refractivity contribution in [3.63, 3.8) is 0 Å². The topological polar surface area (TPSA) is 50.6 Å². The van der Waals surface area contributed by atoms with Gasteiger partial charge in [0.15, 0.2) is 0 Å². The molecule has 2 heterocycles. The minimum atomic E-state index is -0.210. The predicted octanol–water partition coefficient (Wildman–Crippen LogP) is 5.51. The number of carbonyl (C=O) groups excluding carboxylic acids is 1. The second-order valence-electron chi connectivity index (χ2n) is 9.15. The van der Waals surface area contributed by atoms with Crippen LogP contribution in [0.5, 0.6) is 0 Å². The molecule has 6 nitrogen and oxygen atoms in total. The Balaban J connectivity index is 1.12. The van der Waals surface area contributed by atoms with Gasteiger partial charge >= 0.3 is 6.09 Å². The van der Waals surface area contributed by atoms with Gasteiger partial charge in [-0.2, -0.15) is 0 Å². The molecule has 1 saturated heterocycles. The Labute approximate surface area is 206 Å². The second kappa shape index (κ2) is 11.2. The first-order chi connectivity index (χ1) is 17.3. The molecule has 0 spiro atoms. The van der Waals surface area contributed by atoms with E-state index < -0.39 is 0 Å². The van der Waals surface area contributed by atoms with Gasteiger partial charge in [-0.05, 0) is 36.1 Å². The van der Waals surface area contributed by atoms with E-state index in [0.717, 1.165) is 37.0 Å². The Bertz CT molecular complexity index is 1180. The van der Waals surface area contributed by atoms with Crippen LogP contribution in [-0.2, 0) is 17.8 Å². The summed E-state index contributed by atoms with van der Waals surface area (Å²) >= 11 is 0. The van der Waals surface area contributed by atoms with Crippen molar-refractivity contribution in [2.24, 2.45) is 0 Å². The summed E-state index contributed by atoms with van der Waals surface area (Å²) in [4.78, 5) is 21.5. The van der Waals surface area contributed by atoms with Gasteiger partial charge in [0.25, 0.3) is 0 Å². The molecule has 1 fully saturated rings. The van der Waals surface area contributed by atoms with Crippen molar-refractivity contribution in [3.8, 4) is 0 Å².